The first-order valence-corrected chi connectivity index (χ1v) is 14.9. The summed E-state index contributed by atoms with van der Waals surface area (Å²) in [7, 11) is 0. The molecular formula is C34H43F4N3O6. The molecule has 1 amide bonds. The quantitative estimate of drug-likeness (QED) is 0.174. The van der Waals surface area contributed by atoms with E-state index in [9.17, 15) is 36.7 Å². The lowest BCUT2D eigenvalue weighted by molar-refractivity contribution is -0.151. The second kappa shape index (κ2) is 18.0. The number of rotatable bonds is 9. The van der Waals surface area contributed by atoms with Crippen molar-refractivity contribution in [2.45, 2.75) is 86.3 Å². The van der Waals surface area contributed by atoms with Gasteiger partial charge in [-0.3, -0.25) is 19.2 Å². The highest BCUT2D eigenvalue weighted by molar-refractivity contribution is 5.87. The Hall–Kier alpha value is -4.55. The molecule has 1 N–H and O–H groups in total. The molecule has 2 aromatic carbocycles. The van der Waals surface area contributed by atoms with E-state index in [1.807, 2.05) is 58.9 Å². The molecule has 258 valence electrons. The molecule has 0 bridgehead atoms. The Kier molecular flexibility index (Phi) is 15.5. The number of carbonyl (C=O) groups excluding carboxylic acids is 3. The van der Waals surface area contributed by atoms with Crippen LogP contribution in [-0.2, 0) is 37.5 Å². The van der Waals surface area contributed by atoms with Gasteiger partial charge in [0.1, 0.15) is 12.2 Å². The Morgan fingerprint density at radius 3 is 1.98 bits per heavy atom. The molecule has 0 radical (unpaired) electrons. The van der Waals surface area contributed by atoms with Crippen LogP contribution in [-0.4, -0.2) is 46.2 Å². The summed E-state index contributed by atoms with van der Waals surface area (Å²) in [6.45, 7) is 15.7. The highest BCUT2D eigenvalue weighted by Gasteiger charge is 2.22. The number of ether oxygens (including phenoxy) is 2. The van der Waals surface area contributed by atoms with Gasteiger partial charge in [0.05, 0.1) is 19.5 Å². The molecule has 0 fully saturated rings. The molecule has 0 aliphatic heterocycles. The zero-order valence-corrected chi connectivity index (χ0v) is 28.2. The molecular weight excluding hydrogens is 622 g/mol. The van der Waals surface area contributed by atoms with Crippen molar-refractivity contribution in [2.24, 2.45) is 0 Å². The van der Waals surface area contributed by atoms with Crippen LogP contribution >= 0.6 is 0 Å². The van der Waals surface area contributed by atoms with Crippen LogP contribution in [0.2, 0.25) is 0 Å². The van der Waals surface area contributed by atoms with Gasteiger partial charge in [0, 0.05) is 24.8 Å². The molecule has 0 spiro atoms. The van der Waals surface area contributed by atoms with E-state index >= 15 is 0 Å². The van der Waals surface area contributed by atoms with Crippen LogP contribution in [0, 0.1) is 23.3 Å². The largest absolute Gasteiger partial charge is 0.479 e. The zero-order valence-electron chi connectivity index (χ0n) is 28.2. The molecule has 0 aliphatic rings. The van der Waals surface area contributed by atoms with E-state index in [0.717, 1.165) is 11.1 Å². The Bertz CT molecular complexity index is 1570. The number of nitrogens with one attached hydrogen (secondary N) is 1. The van der Waals surface area contributed by atoms with Gasteiger partial charge in [-0.1, -0.05) is 58.9 Å². The topological polar surface area (TPSA) is 117 Å². The SMILES string of the molecule is CC.CC(=O)OC(C)(C)C.CC(C)(C)c1ccccc1Cn1nccc(CC(=O)NCC(=O)COc2c(F)c(F)cc(F)c2F)c1=O. The van der Waals surface area contributed by atoms with Gasteiger partial charge in [0.2, 0.25) is 17.5 Å². The predicted molar refractivity (Wildman–Crippen MR) is 169 cm³/mol. The van der Waals surface area contributed by atoms with Gasteiger partial charge in [-0.15, -0.1) is 0 Å². The Morgan fingerprint density at radius 1 is 0.894 bits per heavy atom. The zero-order chi connectivity index (χ0) is 36.1. The van der Waals surface area contributed by atoms with Crippen molar-refractivity contribution < 1.29 is 41.4 Å². The molecule has 0 saturated heterocycles. The van der Waals surface area contributed by atoms with Crippen LogP contribution < -0.4 is 15.6 Å². The van der Waals surface area contributed by atoms with Gasteiger partial charge in [-0.25, -0.2) is 13.5 Å². The molecule has 3 rings (SSSR count). The number of ketones is 1. The Morgan fingerprint density at radius 2 is 1.47 bits per heavy atom. The average Bonchev–Trinajstić information content (AvgIpc) is 2.97. The number of Topliss-reactive ketones (excluding diaryl/α,β-unsaturated/α-hetero) is 1. The van der Waals surface area contributed by atoms with Crippen LogP contribution in [0.3, 0.4) is 0 Å². The van der Waals surface area contributed by atoms with Gasteiger partial charge in [-0.05, 0) is 43.4 Å². The Balaban J connectivity index is 0.000000964. The van der Waals surface area contributed by atoms with Crippen molar-refractivity contribution in [1.82, 2.24) is 15.1 Å². The maximum Gasteiger partial charge on any atom is 0.303 e. The maximum atomic E-state index is 13.6. The van der Waals surface area contributed by atoms with Crippen molar-refractivity contribution >= 4 is 17.7 Å². The van der Waals surface area contributed by atoms with Gasteiger partial charge in [0.25, 0.3) is 5.56 Å². The number of benzene rings is 2. The molecule has 13 heteroatoms. The summed E-state index contributed by atoms with van der Waals surface area (Å²) in [5, 5.41) is 6.38. The third-order valence-corrected chi connectivity index (χ3v) is 5.87. The summed E-state index contributed by atoms with van der Waals surface area (Å²) in [4.78, 5) is 47.4. The number of amides is 1. The van der Waals surface area contributed by atoms with Crippen LogP contribution in [0.4, 0.5) is 17.6 Å². The smallest absolute Gasteiger partial charge is 0.303 e. The molecule has 0 saturated carbocycles. The van der Waals surface area contributed by atoms with Crippen LogP contribution in [0.15, 0.2) is 47.4 Å². The molecule has 9 nitrogen and oxygen atoms in total. The van der Waals surface area contributed by atoms with Gasteiger partial charge < -0.3 is 14.8 Å². The van der Waals surface area contributed by atoms with Crippen molar-refractivity contribution in [3.8, 4) is 5.75 Å². The second-order valence-corrected chi connectivity index (χ2v) is 12.0. The second-order valence-electron chi connectivity index (χ2n) is 12.0. The van der Waals surface area contributed by atoms with Gasteiger partial charge in [0.15, 0.2) is 23.2 Å². The number of aromatic nitrogens is 2. The summed E-state index contributed by atoms with van der Waals surface area (Å²) < 4.78 is 64.3. The normalized spacial score (nSPS) is 10.9. The molecule has 1 heterocycles. The summed E-state index contributed by atoms with van der Waals surface area (Å²) >= 11 is 0. The van der Waals surface area contributed by atoms with E-state index in [2.05, 4.69) is 35.9 Å². The number of hydrogen-bond donors (Lipinski definition) is 1. The van der Waals surface area contributed by atoms with E-state index < -0.39 is 59.4 Å². The average molecular weight is 666 g/mol. The van der Waals surface area contributed by atoms with E-state index in [1.165, 1.54) is 23.9 Å². The highest BCUT2D eigenvalue weighted by Crippen LogP contribution is 2.27. The van der Waals surface area contributed by atoms with Crippen molar-refractivity contribution in [3.05, 3.63) is 92.9 Å². The first-order valence-electron chi connectivity index (χ1n) is 14.9. The minimum atomic E-state index is -1.78. The third-order valence-electron chi connectivity index (χ3n) is 5.87. The third kappa shape index (κ3) is 13.4. The fourth-order valence-corrected chi connectivity index (χ4v) is 4.04. The first kappa shape index (κ1) is 40.5. The van der Waals surface area contributed by atoms with Gasteiger partial charge >= 0.3 is 5.97 Å². The lowest BCUT2D eigenvalue weighted by Crippen LogP contribution is -2.35. The minimum Gasteiger partial charge on any atom is -0.479 e. The summed E-state index contributed by atoms with van der Waals surface area (Å²) in [5.74, 6) is -10.0. The van der Waals surface area contributed by atoms with E-state index in [1.54, 1.807) is 0 Å². The van der Waals surface area contributed by atoms with E-state index in [0.29, 0.717) is 0 Å². The van der Waals surface area contributed by atoms with E-state index in [4.69, 9.17) is 4.74 Å². The number of hydrogen-bond acceptors (Lipinski definition) is 7. The lowest BCUT2D eigenvalue weighted by atomic mass is 9.84. The molecule has 1 aromatic heterocycles. The lowest BCUT2D eigenvalue weighted by Gasteiger charge is -2.23. The van der Waals surface area contributed by atoms with Crippen LogP contribution in [0.1, 0.15) is 79.0 Å². The first-order chi connectivity index (χ1) is 21.8. The summed E-state index contributed by atoms with van der Waals surface area (Å²) in [6.07, 6.45) is 1.04. The van der Waals surface area contributed by atoms with Gasteiger partial charge in [-0.2, -0.15) is 13.9 Å². The van der Waals surface area contributed by atoms with Crippen LogP contribution in [0.5, 0.6) is 5.75 Å². The fraction of sp³-hybridized carbons (Fsp3) is 0.441. The maximum absolute atomic E-state index is 13.6. The number of carbonyl (C=O) groups is 3. The predicted octanol–water partition coefficient (Wildman–Crippen LogP) is 5.83. The molecule has 0 unspecified atom stereocenters. The Labute approximate surface area is 272 Å². The number of esters is 1. The molecule has 0 aliphatic carbocycles. The monoisotopic (exact) mass is 665 g/mol. The highest BCUT2D eigenvalue weighted by atomic mass is 19.2. The fourth-order valence-electron chi connectivity index (χ4n) is 4.04. The molecule has 47 heavy (non-hydrogen) atoms. The number of nitrogens with zero attached hydrogens (tertiary/aromatic N) is 2. The number of halogens is 4. The summed E-state index contributed by atoms with van der Waals surface area (Å²) in [6, 6.07) is 9.06. The minimum absolute atomic E-state index is 0.00992. The molecule has 3 aromatic rings. The molecule has 0 atom stereocenters. The summed E-state index contributed by atoms with van der Waals surface area (Å²) in [5.41, 5.74) is 1.13. The van der Waals surface area contributed by atoms with Crippen LogP contribution in [0.25, 0.3) is 0 Å². The van der Waals surface area contributed by atoms with E-state index in [-0.39, 0.29) is 41.6 Å². The van der Waals surface area contributed by atoms with Crippen molar-refractivity contribution in [2.75, 3.05) is 13.2 Å². The standard InChI is InChI=1S/C26H25F4N3O4.C6H12O2.C2H6/c1-26(2,3)18-7-5-4-6-16(18)13-33-25(36)15(8-9-32-33)10-21(35)31-12-17(34)14-37-24-22(29)19(27)11-20(28)23(24)30;1-5(7)8-6(2,3)4;1-2/h4-9,11H,10,12-14H2,1-3H3,(H,31,35);1-4H3;1-2H3. The van der Waals surface area contributed by atoms with Crippen molar-refractivity contribution in [1.29, 1.82) is 0 Å². The van der Waals surface area contributed by atoms with Crippen molar-refractivity contribution in [3.63, 3.8) is 0 Å².